The van der Waals surface area contributed by atoms with E-state index in [1.54, 1.807) is 6.92 Å². The van der Waals surface area contributed by atoms with Gasteiger partial charge >= 0.3 is 5.97 Å². The van der Waals surface area contributed by atoms with Gasteiger partial charge in [-0.25, -0.2) is 4.79 Å². The Kier molecular flexibility index (Phi) is 7.68. The molecule has 1 fully saturated rings. The summed E-state index contributed by atoms with van der Waals surface area (Å²) in [7, 11) is 0. The normalized spacial score (nSPS) is 24.9. The number of nitrogens with zero attached hydrogens (tertiary/aromatic N) is 1. The molecule has 0 N–H and O–H groups in total. The standard InChI is InChI=1S/C24H37NO3/c1-7-9-20(8-2)15-24(14-18(5)11-10-17(3)4)12-13-25(23(24)27)21-16-28-22(26)19(21)6/h7,9-10,18,20H,8,11-16H2,1-6H3. The average Bonchev–Trinajstić information content (AvgIpc) is 3.13. The van der Waals surface area contributed by atoms with E-state index in [9.17, 15) is 9.59 Å². The highest BCUT2D eigenvalue weighted by atomic mass is 16.5. The third kappa shape index (κ3) is 4.95. The summed E-state index contributed by atoms with van der Waals surface area (Å²) in [5, 5.41) is 0. The van der Waals surface area contributed by atoms with Gasteiger partial charge in [0.05, 0.1) is 16.7 Å². The number of cyclic esters (lactones) is 1. The fraction of sp³-hybridized carbons (Fsp3) is 0.667. The van der Waals surface area contributed by atoms with Crippen LogP contribution in [-0.4, -0.2) is 29.9 Å². The molecule has 4 heteroatoms. The summed E-state index contributed by atoms with van der Waals surface area (Å²) >= 11 is 0. The number of hydrogen-bond acceptors (Lipinski definition) is 3. The molecule has 3 unspecified atom stereocenters. The molecule has 156 valence electrons. The van der Waals surface area contributed by atoms with Crippen LogP contribution in [0.25, 0.3) is 0 Å². The van der Waals surface area contributed by atoms with Gasteiger partial charge in [0.1, 0.15) is 6.61 Å². The number of ether oxygens (including phenoxy) is 1. The van der Waals surface area contributed by atoms with Crippen LogP contribution in [0.2, 0.25) is 0 Å². The summed E-state index contributed by atoms with van der Waals surface area (Å²) in [5.74, 6) is 0.740. The highest BCUT2D eigenvalue weighted by Crippen LogP contribution is 2.46. The Morgan fingerprint density at radius 1 is 1.29 bits per heavy atom. The second-order valence-electron chi connectivity index (χ2n) is 8.86. The van der Waals surface area contributed by atoms with Crippen LogP contribution in [0, 0.1) is 17.3 Å². The first-order valence-electron chi connectivity index (χ1n) is 10.7. The van der Waals surface area contributed by atoms with Crippen molar-refractivity contribution in [3.63, 3.8) is 0 Å². The summed E-state index contributed by atoms with van der Waals surface area (Å²) < 4.78 is 5.17. The molecule has 0 bridgehead atoms. The minimum absolute atomic E-state index is 0.187. The smallest absolute Gasteiger partial charge is 0.336 e. The number of allylic oxidation sites excluding steroid dienone is 4. The molecule has 0 aromatic carbocycles. The SMILES string of the molecule is CC=CC(CC)CC1(CC(C)CC=C(C)C)CCN(C2=C(C)C(=O)OC2)C1=O. The van der Waals surface area contributed by atoms with Crippen LogP contribution in [0.4, 0.5) is 0 Å². The average molecular weight is 388 g/mol. The minimum Gasteiger partial charge on any atom is -0.456 e. The molecule has 0 radical (unpaired) electrons. The Morgan fingerprint density at radius 2 is 2.00 bits per heavy atom. The van der Waals surface area contributed by atoms with Crippen LogP contribution in [0.3, 0.4) is 0 Å². The van der Waals surface area contributed by atoms with Crippen LogP contribution >= 0.6 is 0 Å². The lowest BCUT2D eigenvalue weighted by atomic mass is 9.71. The molecular weight excluding hydrogens is 350 g/mol. The first-order chi connectivity index (χ1) is 13.2. The molecule has 0 saturated carbocycles. The van der Waals surface area contributed by atoms with Crippen LogP contribution < -0.4 is 0 Å². The van der Waals surface area contributed by atoms with Gasteiger partial charge < -0.3 is 9.64 Å². The van der Waals surface area contributed by atoms with E-state index >= 15 is 0 Å². The van der Waals surface area contributed by atoms with Crippen molar-refractivity contribution in [1.29, 1.82) is 0 Å². The molecule has 0 aromatic rings. The largest absolute Gasteiger partial charge is 0.456 e. The van der Waals surface area contributed by atoms with E-state index in [0.717, 1.165) is 37.8 Å². The predicted octanol–water partition coefficient (Wildman–Crippen LogP) is 5.41. The summed E-state index contributed by atoms with van der Waals surface area (Å²) in [6.45, 7) is 13.4. The molecule has 0 spiro atoms. The Hall–Kier alpha value is -1.84. The highest BCUT2D eigenvalue weighted by Gasteiger charge is 2.49. The van der Waals surface area contributed by atoms with E-state index in [0.29, 0.717) is 24.0 Å². The van der Waals surface area contributed by atoms with Crippen molar-refractivity contribution >= 4 is 11.9 Å². The van der Waals surface area contributed by atoms with Gasteiger partial charge in [-0.15, -0.1) is 0 Å². The number of carbonyl (C=O) groups excluding carboxylic acids is 2. The van der Waals surface area contributed by atoms with E-state index in [1.165, 1.54) is 5.57 Å². The van der Waals surface area contributed by atoms with E-state index in [1.807, 2.05) is 11.8 Å². The molecule has 2 rings (SSSR count). The highest BCUT2D eigenvalue weighted by molar-refractivity contribution is 5.94. The predicted molar refractivity (Wildman–Crippen MR) is 113 cm³/mol. The van der Waals surface area contributed by atoms with Crippen molar-refractivity contribution < 1.29 is 14.3 Å². The summed E-state index contributed by atoms with van der Waals surface area (Å²) in [5.41, 5.74) is 2.33. The van der Waals surface area contributed by atoms with Crippen molar-refractivity contribution in [2.24, 2.45) is 17.3 Å². The maximum absolute atomic E-state index is 13.7. The second-order valence-corrected chi connectivity index (χ2v) is 8.86. The van der Waals surface area contributed by atoms with Crippen LogP contribution in [0.15, 0.2) is 35.1 Å². The minimum atomic E-state index is -0.353. The zero-order chi connectivity index (χ0) is 20.9. The van der Waals surface area contributed by atoms with E-state index in [-0.39, 0.29) is 23.9 Å². The monoisotopic (exact) mass is 387 g/mol. The molecular formula is C24H37NO3. The van der Waals surface area contributed by atoms with Gasteiger partial charge in [0, 0.05) is 6.54 Å². The van der Waals surface area contributed by atoms with Gasteiger partial charge in [-0.2, -0.15) is 0 Å². The Balaban J connectivity index is 2.29. The van der Waals surface area contributed by atoms with Crippen molar-refractivity contribution in [3.05, 3.63) is 35.1 Å². The van der Waals surface area contributed by atoms with Crippen LogP contribution in [0.1, 0.15) is 73.6 Å². The fourth-order valence-electron chi connectivity index (χ4n) is 4.60. The lowest BCUT2D eigenvalue weighted by Gasteiger charge is -2.33. The number of amides is 1. The zero-order valence-electron chi connectivity index (χ0n) is 18.5. The molecule has 3 atom stereocenters. The van der Waals surface area contributed by atoms with Gasteiger partial charge in [0.25, 0.3) is 0 Å². The summed E-state index contributed by atoms with van der Waals surface area (Å²) in [4.78, 5) is 27.3. The van der Waals surface area contributed by atoms with Gasteiger partial charge in [0.2, 0.25) is 5.91 Å². The quantitative estimate of drug-likeness (QED) is 0.392. The molecule has 1 amide bonds. The van der Waals surface area contributed by atoms with Crippen LogP contribution in [0.5, 0.6) is 0 Å². The number of likely N-dealkylation sites (tertiary alicyclic amines) is 1. The molecule has 2 aliphatic heterocycles. The Morgan fingerprint density at radius 3 is 2.54 bits per heavy atom. The fourth-order valence-corrected chi connectivity index (χ4v) is 4.60. The van der Waals surface area contributed by atoms with Crippen molar-refractivity contribution in [1.82, 2.24) is 4.90 Å². The van der Waals surface area contributed by atoms with E-state index < -0.39 is 0 Å². The summed E-state index contributed by atoms with van der Waals surface area (Å²) in [6, 6.07) is 0. The molecule has 2 heterocycles. The van der Waals surface area contributed by atoms with Crippen LogP contribution in [-0.2, 0) is 14.3 Å². The first-order valence-corrected chi connectivity index (χ1v) is 10.7. The van der Waals surface area contributed by atoms with Gasteiger partial charge in [-0.3, -0.25) is 4.79 Å². The second kappa shape index (κ2) is 9.58. The molecule has 2 aliphatic rings. The zero-order valence-corrected chi connectivity index (χ0v) is 18.5. The Bertz CT molecular complexity index is 684. The first kappa shape index (κ1) is 22.4. The maximum Gasteiger partial charge on any atom is 0.336 e. The number of hydrogen-bond donors (Lipinski definition) is 0. The molecule has 0 aliphatic carbocycles. The van der Waals surface area contributed by atoms with Crippen molar-refractivity contribution in [3.8, 4) is 0 Å². The number of rotatable bonds is 9. The van der Waals surface area contributed by atoms with Gasteiger partial charge in [-0.1, -0.05) is 37.6 Å². The molecule has 0 aromatic heterocycles. The summed E-state index contributed by atoms with van der Waals surface area (Å²) in [6.07, 6.45) is 11.3. The number of carbonyl (C=O) groups is 2. The van der Waals surface area contributed by atoms with Gasteiger partial charge in [-0.05, 0) is 71.6 Å². The molecule has 1 saturated heterocycles. The third-order valence-corrected chi connectivity index (χ3v) is 6.23. The lowest BCUT2D eigenvalue weighted by Crippen LogP contribution is -2.37. The lowest BCUT2D eigenvalue weighted by molar-refractivity contribution is -0.138. The van der Waals surface area contributed by atoms with Crippen molar-refractivity contribution in [2.45, 2.75) is 73.6 Å². The van der Waals surface area contributed by atoms with Crippen molar-refractivity contribution in [2.75, 3.05) is 13.2 Å². The molecule has 4 nitrogen and oxygen atoms in total. The van der Waals surface area contributed by atoms with E-state index in [4.69, 9.17) is 4.74 Å². The Labute approximate surface area is 170 Å². The van der Waals surface area contributed by atoms with E-state index in [2.05, 4.69) is 45.9 Å². The number of esters is 1. The topological polar surface area (TPSA) is 46.6 Å². The van der Waals surface area contributed by atoms with Gasteiger partial charge in [0.15, 0.2) is 0 Å². The maximum atomic E-state index is 13.7. The molecule has 28 heavy (non-hydrogen) atoms. The third-order valence-electron chi connectivity index (χ3n) is 6.23.